The van der Waals surface area contributed by atoms with Gasteiger partial charge in [-0.2, -0.15) is 0 Å². The molecule has 106 valence electrons. The maximum atomic E-state index is 10.0. The van der Waals surface area contributed by atoms with Gasteiger partial charge >= 0.3 is 0 Å². The summed E-state index contributed by atoms with van der Waals surface area (Å²) in [7, 11) is 0. The van der Waals surface area contributed by atoms with Crippen LogP contribution in [0.25, 0.3) is 0 Å². The minimum absolute atomic E-state index is 0.526. The summed E-state index contributed by atoms with van der Waals surface area (Å²) >= 11 is 0. The number of piperidine rings is 1. The van der Waals surface area contributed by atoms with Crippen molar-refractivity contribution in [2.75, 3.05) is 29.9 Å². The number of hydrogen-bond donors (Lipinski definition) is 2. The summed E-state index contributed by atoms with van der Waals surface area (Å²) in [5.74, 6) is 2.73. The van der Waals surface area contributed by atoms with Gasteiger partial charge < -0.3 is 15.3 Å². The molecule has 0 spiro atoms. The Kier molecular flexibility index (Phi) is 4.24. The maximum Gasteiger partial charge on any atom is 0.134 e. The second-order valence-electron chi connectivity index (χ2n) is 5.40. The van der Waals surface area contributed by atoms with Gasteiger partial charge in [0, 0.05) is 32.1 Å². The van der Waals surface area contributed by atoms with Crippen molar-refractivity contribution in [3.8, 4) is 0 Å². The van der Waals surface area contributed by atoms with Crippen LogP contribution in [-0.4, -0.2) is 40.3 Å². The van der Waals surface area contributed by atoms with Crippen LogP contribution in [0, 0.1) is 0 Å². The van der Waals surface area contributed by atoms with E-state index in [0.717, 1.165) is 56.4 Å². The van der Waals surface area contributed by atoms with Crippen LogP contribution >= 0.6 is 0 Å². The molecule has 0 aliphatic carbocycles. The molecule has 0 radical (unpaired) electrons. The van der Waals surface area contributed by atoms with Gasteiger partial charge in [0.15, 0.2) is 0 Å². The molecule has 0 aromatic carbocycles. The van der Waals surface area contributed by atoms with Gasteiger partial charge in [-0.1, -0.05) is 6.92 Å². The van der Waals surface area contributed by atoms with Gasteiger partial charge in [-0.3, -0.25) is 0 Å². The van der Waals surface area contributed by atoms with E-state index in [4.69, 9.17) is 0 Å². The highest BCUT2D eigenvalue weighted by molar-refractivity contribution is 5.49. The van der Waals surface area contributed by atoms with Crippen molar-refractivity contribution in [1.82, 2.24) is 9.97 Å². The summed E-state index contributed by atoms with van der Waals surface area (Å²) in [6.07, 6.45) is 2.40. The third kappa shape index (κ3) is 3.56. The van der Waals surface area contributed by atoms with E-state index in [2.05, 4.69) is 34.0 Å². The predicted molar refractivity (Wildman–Crippen MR) is 77.6 cm³/mol. The van der Waals surface area contributed by atoms with Gasteiger partial charge in [0.05, 0.1) is 5.60 Å². The van der Waals surface area contributed by atoms with Crippen LogP contribution in [0.2, 0.25) is 0 Å². The first-order valence-corrected chi connectivity index (χ1v) is 7.13. The fourth-order valence-electron chi connectivity index (χ4n) is 2.29. The number of nitrogens with one attached hydrogen (secondary N) is 1. The fraction of sp³-hybridized carbons (Fsp3) is 0.714. The number of anilines is 2. The van der Waals surface area contributed by atoms with Crippen LogP contribution in [0.15, 0.2) is 6.07 Å². The summed E-state index contributed by atoms with van der Waals surface area (Å²) in [4.78, 5) is 11.3. The zero-order valence-corrected chi connectivity index (χ0v) is 12.1. The van der Waals surface area contributed by atoms with Gasteiger partial charge in [0.25, 0.3) is 0 Å². The third-order valence-electron chi connectivity index (χ3n) is 3.60. The lowest BCUT2D eigenvalue weighted by molar-refractivity contribution is 0.0350. The zero-order valence-electron chi connectivity index (χ0n) is 12.1. The molecular formula is C14H24N4O. The standard InChI is InChI=1S/C14H24N4O/c1-4-11-16-12(15-5-2)10-13(17-11)18-8-6-14(3,19)7-9-18/h10,19H,4-9H2,1-3H3,(H,15,16,17). The molecule has 5 nitrogen and oxygen atoms in total. The third-order valence-corrected chi connectivity index (χ3v) is 3.60. The van der Waals surface area contributed by atoms with E-state index in [1.807, 2.05) is 13.0 Å². The highest BCUT2D eigenvalue weighted by Crippen LogP contribution is 2.25. The first kappa shape index (κ1) is 14.1. The number of hydrogen-bond acceptors (Lipinski definition) is 5. The molecule has 5 heteroatoms. The first-order chi connectivity index (χ1) is 9.04. The van der Waals surface area contributed by atoms with Gasteiger partial charge in [0.1, 0.15) is 17.5 Å². The van der Waals surface area contributed by atoms with E-state index in [1.54, 1.807) is 0 Å². The molecule has 1 aromatic rings. The van der Waals surface area contributed by atoms with Crippen molar-refractivity contribution in [3.63, 3.8) is 0 Å². The molecule has 1 saturated heterocycles. The van der Waals surface area contributed by atoms with Gasteiger partial charge in [-0.05, 0) is 26.7 Å². The van der Waals surface area contributed by atoms with Crippen LogP contribution in [0.4, 0.5) is 11.6 Å². The van der Waals surface area contributed by atoms with Crippen LogP contribution in [0.3, 0.4) is 0 Å². The van der Waals surface area contributed by atoms with E-state index < -0.39 is 5.60 Å². The second kappa shape index (κ2) is 5.74. The van der Waals surface area contributed by atoms with Crippen LogP contribution in [-0.2, 0) is 6.42 Å². The van der Waals surface area contributed by atoms with Gasteiger partial charge in [-0.25, -0.2) is 9.97 Å². The summed E-state index contributed by atoms with van der Waals surface area (Å²) in [6, 6.07) is 2.00. The summed E-state index contributed by atoms with van der Waals surface area (Å²) in [5, 5.41) is 13.3. The van der Waals surface area contributed by atoms with E-state index in [0.29, 0.717) is 0 Å². The smallest absolute Gasteiger partial charge is 0.134 e. The Morgan fingerprint density at radius 1 is 1.32 bits per heavy atom. The minimum Gasteiger partial charge on any atom is -0.390 e. The van der Waals surface area contributed by atoms with Crippen molar-refractivity contribution < 1.29 is 5.11 Å². The number of aryl methyl sites for hydroxylation is 1. The SMILES string of the molecule is CCNc1cc(N2CCC(C)(O)CC2)nc(CC)n1. The minimum atomic E-state index is -0.526. The molecule has 1 fully saturated rings. The summed E-state index contributed by atoms with van der Waals surface area (Å²) in [5.41, 5.74) is -0.526. The highest BCUT2D eigenvalue weighted by Gasteiger charge is 2.28. The normalized spacial score (nSPS) is 18.4. The Morgan fingerprint density at radius 2 is 2.00 bits per heavy atom. The summed E-state index contributed by atoms with van der Waals surface area (Å²) < 4.78 is 0. The molecule has 0 amide bonds. The Hall–Kier alpha value is -1.36. The van der Waals surface area contributed by atoms with E-state index in [1.165, 1.54) is 0 Å². The van der Waals surface area contributed by atoms with E-state index >= 15 is 0 Å². The molecule has 0 saturated carbocycles. The van der Waals surface area contributed by atoms with Crippen molar-refractivity contribution in [3.05, 3.63) is 11.9 Å². The molecule has 2 N–H and O–H groups in total. The topological polar surface area (TPSA) is 61.3 Å². The second-order valence-corrected chi connectivity index (χ2v) is 5.40. The lowest BCUT2D eigenvalue weighted by Gasteiger charge is -2.36. The molecule has 2 rings (SSSR count). The Balaban J connectivity index is 2.17. The van der Waals surface area contributed by atoms with Crippen LogP contribution < -0.4 is 10.2 Å². The molecule has 0 atom stereocenters. The van der Waals surface area contributed by atoms with Gasteiger partial charge in [-0.15, -0.1) is 0 Å². The van der Waals surface area contributed by atoms with E-state index in [-0.39, 0.29) is 0 Å². The molecule has 2 heterocycles. The number of aromatic nitrogens is 2. The van der Waals surface area contributed by atoms with Gasteiger partial charge in [0.2, 0.25) is 0 Å². The van der Waals surface area contributed by atoms with Crippen molar-refractivity contribution in [2.24, 2.45) is 0 Å². The molecular weight excluding hydrogens is 240 g/mol. The lowest BCUT2D eigenvalue weighted by Crippen LogP contribution is -2.42. The Bertz CT molecular complexity index is 423. The lowest BCUT2D eigenvalue weighted by atomic mass is 9.94. The molecule has 0 unspecified atom stereocenters. The Morgan fingerprint density at radius 3 is 2.58 bits per heavy atom. The highest BCUT2D eigenvalue weighted by atomic mass is 16.3. The van der Waals surface area contributed by atoms with E-state index in [9.17, 15) is 5.11 Å². The fourth-order valence-corrected chi connectivity index (χ4v) is 2.29. The van der Waals surface area contributed by atoms with Crippen molar-refractivity contribution in [1.29, 1.82) is 0 Å². The van der Waals surface area contributed by atoms with Crippen LogP contribution in [0.1, 0.15) is 39.4 Å². The van der Waals surface area contributed by atoms with Crippen LogP contribution in [0.5, 0.6) is 0 Å². The molecule has 19 heavy (non-hydrogen) atoms. The monoisotopic (exact) mass is 264 g/mol. The number of aliphatic hydroxyl groups is 1. The zero-order chi connectivity index (χ0) is 13.9. The quantitative estimate of drug-likeness (QED) is 0.868. The average molecular weight is 264 g/mol. The largest absolute Gasteiger partial charge is 0.390 e. The maximum absolute atomic E-state index is 10.0. The molecule has 1 aliphatic rings. The molecule has 1 aliphatic heterocycles. The molecule has 1 aromatic heterocycles. The number of rotatable bonds is 4. The number of nitrogens with zero attached hydrogens (tertiary/aromatic N) is 3. The predicted octanol–water partition coefficient (Wildman–Crippen LogP) is 1.82. The average Bonchev–Trinajstić information content (AvgIpc) is 2.38. The van der Waals surface area contributed by atoms with Crippen molar-refractivity contribution in [2.45, 2.75) is 45.6 Å². The van der Waals surface area contributed by atoms with Crippen molar-refractivity contribution >= 4 is 11.6 Å². The Labute approximate surface area is 115 Å². The summed E-state index contributed by atoms with van der Waals surface area (Å²) in [6.45, 7) is 8.58. The first-order valence-electron chi connectivity index (χ1n) is 7.13. The molecule has 0 bridgehead atoms.